The Hall–Kier alpha value is -2.73. The maximum atomic E-state index is 11.9. The van der Waals surface area contributed by atoms with Crippen LogP contribution in [-0.4, -0.2) is 35.5 Å². The number of fused-ring (bicyclic) bond motifs is 3. The molecular weight excluding hydrogens is 380 g/mol. The van der Waals surface area contributed by atoms with Crippen LogP contribution in [0.15, 0.2) is 30.3 Å². The van der Waals surface area contributed by atoms with Crippen molar-refractivity contribution < 1.29 is 4.79 Å². The lowest BCUT2D eigenvalue weighted by Gasteiger charge is -2.23. The lowest BCUT2D eigenvalue weighted by atomic mass is 9.97. The third-order valence-electron chi connectivity index (χ3n) is 5.65. The van der Waals surface area contributed by atoms with Gasteiger partial charge in [-0.2, -0.15) is 0 Å². The lowest BCUT2D eigenvalue weighted by Crippen LogP contribution is -2.29. The predicted octanol–water partition coefficient (Wildman–Crippen LogP) is 4.07. The van der Waals surface area contributed by atoms with Crippen LogP contribution in [0.2, 0.25) is 0 Å². The third-order valence-corrected chi connectivity index (χ3v) is 6.84. The molecule has 0 radical (unpaired) electrons. The standard InChI is InChI=1S/C23H24N4OS/c28-20-12-14-27(15-13-24-20)22-21-17-8-4-5-9-18(17)29-23(21)26-19(25-22)11-10-16-6-2-1-3-7-16/h1-3,6-7,10-11H,4-5,8-9,12-15H2,(H,24,28). The van der Waals surface area contributed by atoms with E-state index in [4.69, 9.17) is 9.97 Å². The van der Waals surface area contributed by atoms with Gasteiger partial charge in [0.05, 0.1) is 5.39 Å². The quantitative estimate of drug-likeness (QED) is 0.715. The summed E-state index contributed by atoms with van der Waals surface area (Å²) in [6, 6.07) is 10.2. The summed E-state index contributed by atoms with van der Waals surface area (Å²) >= 11 is 1.83. The fourth-order valence-electron chi connectivity index (χ4n) is 4.17. The first kappa shape index (κ1) is 18.3. The monoisotopic (exact) mass is 404 g/mol. The van der Waals surface area contributed by atoms with Crippen molar-refractivity contribution in [2.24, 2.45) is 0 Å². The van der Waals surface area contributed by atoms with E-state index in [0.29, 0.717) is 19.5 Å². The maximum Gasteiger partial charge on any atom is 0.221 e. The lowest BCUT2D eigenvalue weighted by molar-refractivity contribution is -0.120. The first-order valence-electron chi connectivity index (χ1n) is 10.3. The Morgan fingerprint density at radius 1 is 1.00 bits per heavy atom. The molecule has 1 N–H and O–H groups in total. The number of aromatic nitrogens is 2. The van der Waals surface area contributed by atoms with Crippen molar-refractivity contribution in [2.75, 3.05) is 24.5 Å². The van der Waals surface area contributed by atoms with Crippen LogP contribution >= 0.6 is 11.3 Å². The van der Waals surface area contributed by atoms with Crippen molar-refractivity contribution in [3.05, 3.63) is 52.2 Å². The van der Waals surface area contributed by atoms with Gasteiger partial charge in [-0.15, -0.1) is 11.3 Å². The molecular formula is C23H24N4OS. The number of hydrogen-bond acceptors (Lipinski definition) is 5. The zero-order valence-electron chi connectivity index (χ0n) is 16.4. The van der Waals surface area contributed by atoms with Gasteiger partial charge < -0.3 is 10.2 Å². The van der Waals surface area contributed by atoms with Crippen LogP contribution < -0.4 is 10.2 Å². The fourth-order valence-corrected chi connectivity index (χ4v) is 5.43. The zero-order valence-corrected chi connectivity index (χ0v) is 17.2. The number of anilines is 1. The molecule has 6 heteroatoms. The van der Waals surface area contributed by atoms with Gasteiger partial charge in [-0.1, -0.05) is 36.4 Å². The number of carbonyl (C=O) groups excluding carboxylic acids is 1. The van der Waals surface area contributed by atoms with Crippen molar-refractivity contribution in [1.29, 1.82) is 0 Å². The molecule has 1 aliphatic carbocycles. The number of benzene rings is 1. The molecule has 0 unspecified atom stereocenters. The summed E-state index contributed by atoms with van der Waals surface area (Å²) in [4.78, 5) is 26.6. The number of rotatable bonds is 3. The minimum absolute atomic E-state index is 0.120. The van der Waals surface area contributed by atoms with Gasteiger partial charge in [-0.25, -0.2) is 9.97 Å². The number of nitrogens with zero attached hydrogens (tertiary/aromatic N) is 3. The minimum atomic E-state index is 0.120. The van der Waals surface area contributed by atoms with Crippen molar-refractivity contribution in [3.63, 3.8) is 0 Å². The van der Waals surface area contributed by atoms with Gasteiger partial charge in [0.15, 0.2) is 5.82 Å². The van der Waals surface area contributed by atoms with Gasteiger partial charge in [-0.3, -0.25) is 4.79 Å². The Labute approximate surface area is 174 Å². The molecule has 3 heterocycles. The molecule has 5 rings (SSSR count). The summed E-state index contributed by atoms with van der Waals surface area (Å²) < 4.78 is 0. The molecule has 0 atom stereocenters. The highest BCUT2D eigenvalue weighted by Gasteiger charge is 2.24. The van der Waals surface area contributed by atoms with E-state index in [1.54, 1.807) is 0 Å². The van der Waals surface area contributed by atoms with Gasteiger partial charge >= 0.3 is 0 Å². The molecule has 3 aromatic rings. The van der Waals surface area contributed by atoms with Crippen LogP contribution in [0.1, 0.15) is 41.1 Å². The van der Waals surface area contributed by atoms with E-state index in [-0.39, 0.29) is 5.91 Å². The summed E-state index contributed by atoms with van der Waals surface area (Å²) in [5.41, 5.74) is 2.57. The minimum Gasteiger partial charge on any atom is -0.354 e. The van der Waals surface area contributed by atoms with Crippen LogP contribution in [0.4, 0.5) is 5.82 Å². The molecule has 1 saturated heterocycles. The Kier molecular flexibility index (Phi) is 5.02. The summed E-state index contributed by atoms with van der Waals surface area (Å²) in [5.74, 6) is 1.85. The smallest absolute Gasteiger partial charge is 0.221 e. The largest absolute Gasteiger partial charge is 0.354 e. The van der Waals surface area contributed by atoms with E-state index in [1.165, 1.54) is 28.7 Å². The number of amides is 1. The van der Waals surface area contributed by atoms with Gasteiger partial charge in [0.2, 0.25) is 5.91 Å². The predicted molar refractivity (Wildman–Crippen MR) is 119 cm³/mol. The number of thiophene rings is 1. The van der Waals surface area contributed by atoms with Crippen LogP contribution in [0, 0.1) is 0 Å². The first-order chi connectivity index (χ1) is 14.3. The normalized spacial score (nSPS) is 17.4. The Morgan fingerprint density at radius 2 is 1.86 bits per heavy atom. The van der Waals surface area contributed by atoms with Crippen molar-refractivity contribution in [3.8, 4) is 0 Å². The van der Waals surface area contributed by atoms with Crippen molar-refractivity contribution in [1.82, 2.24) is 15.3 Å². The second kappa shape index (κ2) is 7.95. The topological polar surface area (TPSA) is 58.1 Å². The second-order valence-electron chi connectivity index (χ2n) is 7.63. The Balaban J connectivity index is 1.60. The molecule has 2 aliphatic rings. The molecule has 29 heavy (non-hydrogen) atoms. The Morgan fingerprint density at radius 3 is 2.76 bits per heavy atom. The molecule has 5 nitrogen and oxygen atoms in total. The molecule has 1 aliphatic heterocycles. The highest BCUT2D eigenvalue weighted by Crippen LogP contribution is 2.40. The van der Waals surface area contributed by atoms with Gasteiger partial charge in [0, 0.05) is 30.9 Å². The summed E-state index contributed by atoms with van der Waals surface area (Å²) in [6.07, 6.45) is 9.30. The van der Waals surface area contributed by atoms with E-state index < -0.39 is 0 Å². The van der Waals surface area contributed by atoms with Gasteiger partial charge in [0.25, 0.3) is 0 Å². The molecule has 1 fully saturated rings. The number of hydrogen-bond donors (Lipinski definition) is 1. The molecule has 0 bridgehead atoms. The summed E-state index contributed by atoms with van der Waals surface area (Å²) in [6.45, 7) is 2.14. The molecule has 2 aromatic heterocycles. The average molecular weight is 405 g/mol. The highest BCUT2D eigenvalue weighted by molar-refractivity contribution is 7.19. The third kappa shape index (κ3) is 3.77. The summed E-state index contributed by atoms with van der Waals surface area (Å²) in [5, 5.41) is 4.19. The average Bonchev–Trinajstić information content (AvgIpc) is 2.99. The van der Waals surface area contributed by atoms with Crippen molar-refractivity contribution >= 4 is 45.4 Å². The molecule has 1 aromatic carbocycles. The van der Waals surface area contributed by atoms with Crippen LogP contribution in [0.25, 0.3) is 22.4 Å². The summed E-state index contributed by atoms with van der Waals surface area (Å²) in [7, 11) is 0. The van der Waals surface area contributed by atoms with E-state index in [9.17, 15) is 4.79 Å². The van der Waals surface area contributed by atoms with Gasteiger partial charge in [0.1, 0.15) is 10.6 Å². The van der Waals surface area contributed by atoms with Crippen molar-refractivity contribution in [2.45, 2.75) is 32.1 Å². The van der Waals surface area contributed by atoms with Crippen LogP contribution in [-0.2, 0) is 17.6 Å². The molecule has 1 amide bonds. The van der Waals surface area contributed by atoms with E-state index >= 15 is 0 Å². The van der Waals surface area contributed by atoms with E-state index in [1.807, 2.05) is 35.6 Å². The van der Waals surface area contributed by atoms with Gasteiger partial charge in [-0.05, 0) is 42.9 Å². The number of nitrogens with one attached hydrogen (secondary N) is 1. The second-order valence-corrected chi connectivity index (χ2v) is 8.71. The fraction of sp³-hybridized carbons (Fsp3) is 0.348. The first-order valence-corrected chi connectivity index (χ1v) is 11.2. The van der Waals surface area contributed by atoms with Crippen LogP contribution in [0.5, 0.6) is 0 Å². The van der Waals surface area contributed by atoms with E-state index in [0.717, 1.165) is 41.4 Å². The molecule has 0 saturated carbocycles. The highest BCUT2D eigenvalue weighted by atomic mass is 32.1. The number of carbonyl (C=O) groups is 1. The SMILES string of the molecule is O=C1CCN(c2nc(C=Cc3ccccc3)nc3sc4c(c23)CCCC4)CCN1. The van der Waals surface area contributed by atoms with Crippen LogP contribution in [0.3, 0.4) is 0 Å². The Bertz CT molecular complexity index is 1070. The number of aryl methyl sites for hydroxylation is 2. The maximum absolute atomic E-state index is 11.9. The molecule has 0 spiro atoms. The zero-order chi connectivity index (χ0) is 19.6. The molecule has 148 valence electrons. The van der Waals surface area contributed by atoms with E-state index in [2.05, 4.69) is 28.4 Å².